The molecule has 1 aromatic carbocycles. The Morgan fingerprint density at radius 3 is 2.52 bits per heavy atom. The molecule has 0 fully saturated rings. The molecular weight excluding hydrogens is 450 g/mol. The van der Waals surface area contributed by atoms with Crippen molar-refractivity contribution in [2.75, 3.05) is 32.2 Å². The molecule has 2 heterocycles. The quantitative estimate of drug-likeness (QED) is 0.504. The molecule has 15 heteroatoms. The summed E-state index contributed by atoms with van der Waals surface area (Å²) in [6.07, 6.45) is -5.04. The maximum atomic E-state index is 13.5. The van der Waals surface area contributed by atoms with E-state index in [2.05, 4.69) is 15.1 Å². The second-order valence-electron chi connectivity index (χ2n) is 5.76. The van der Waals surface area contributed by atoms with Crippen LogP contribution in [-0.4, -0.2) is 55.5 Å². The van der Waals surface area contributed by atoms with Crippen molar-refractivity contribution in [3.63, 3.8) is 0 Å². The van der Waals surface area contributed by atoms with Crippen molar-refractivity contribution in [2.24, 2.45) is 0 Å². The van der Waals surface area contributed by atoms with Crippen molar-refractivity contribution in [3.8, 4) is 17.5 Å². The van der Waals surface area contributed by atoms with E-state index in [1.165, 1.54) is 20.3 Å². The zero-order valence-corrected chi connectivity index (χ0v) is 16.8. The van der Waals surface area contributed by atoms with Crippen LogP contribution in [0.4, 0.5) is 23.5 Å². The van der Waals surface area contributed by atoms with Crippen molar-refractivity contribution in [3.05, 3.63) is 29.8 Å². The number of hydrogen-bond donors (Lipinski definition) is 1. The SMILES string of the molecule is COc1cc(OC)n2nc(NS(=O)(=O)c3c(OCCF)cccc3C(F)(F)F)nc2n1. The fourth-order valence-electron chi connectivity index (χ4n) is 2.56. The first-order valence-electron chi connectivity index (χ1n) is 8.38. The van der Waals surface area contributed by atoms with Gasteiger partial charge >= 0.3 is 6.18 Å². The number of alkyl halides is 4. The Morgan fingerprint density at radius 1 is 1.16 bits per heavy atom. The van der Waals surface area contributed by atoms with Gasteiger partial charge in [-0.2, -0.15) is 27.7 Å². The van der Waals surface area contributed by atoms with Gasteiger partial charge in [0.2, 0.25) is 11.8 Å². The van der Waals surface area contributed by atoms with Gasteiger partial charge < -0.3 is 14.2 Å². The lowest BCUT2D eigenvalue weighted by Gasteiger charge is -2.17. The average Bonchev–Trinajstić information content (AvgIpc) is 3.11. The molecule has 3 rings (SSSR count). The predicted octanol–water partition coefficient (Wildman–Crippen LogP) is 2.31. The molecule has 0 aliphatic carbocycles. The molecular formula is C16H15F4N5O5S. The third kappa shape index (κ3) is 4.55. The molecule has 0 aliphatic rings. The number of rotatable bonds is 8. The minimum absolute atomic E-state index is 0.0717. The minimum Gasteiger partial charge on any atom is -0.489 e. The molecule has 0 amide bonds. The van der Waals surface area contributed by atoms with Crippen LogP contribution < -0.4 is 18.9 Å². The van der Waals surface area contributed by atoms with E-state index in [1.807, 2.05) is 4.72 Å². The third-order valence-electron chi connectivity index (χ3n) is 3.79. The van der Waals surface area contributed by atoms with Gasteiger partial charge in [-0.15, -0.1) is 5.10 Å². The topological polar surface area (TPSA) is 117 Å². The molecule has 2 aromatic heterocycles. The number of hydrogen-bond acceptors (Lipinski definition) is 8. The largest absolute Gasteiger partial charge is 0.489 e. The summed E-state index contributed by atoms with van der Waals surface area (Å²) in [4.78, 5) is 6.55. The van der Waals surface area contributed by atoms with Crippen LogP contribution in [0.25, 0.3) is 5.78 Å². The number of fused-ring (bicyclic) bond motifs is 1. The van der Waals surface area contributed by atoms with Crippen LogP contribution in [0.3, 0.4) is 0 Å². The van der Waals surface area contributed by atoms with Gasteiger partial charge in [-0.1, -0.05) is 6.07 Å². The molecule has 31 heavy (non-hydrogen) atoms. The van der Waals surface area contributed by atoms with Crippen LogP contribution in [0.15, 0.2) is 29.2 Å². The second-order valence-corrected chi connectivity index (χ2v) is 7.38. The predicted molar refractivity (Wildman–Crippen MR) is 97.6 cm³/mol. The number of nitrogens with one attached hydrogen (secondary N) is 1. The Kier molecular flexibility index (Phi) is 6.06. The van der Waals surface area contributed by atoms with Gasteiger partial charge in [-0.25, -0.2) is 17.5 Å². The fourth-order valence-corrected chi connectivity index (χ4v) is 3.86. The van der Waals surface area contributed by atoms with E-state index >= 15 is 0 Å². The first-order chi connectivity index (χ1) is 14.6. The molecule has 0 unspecified atom stereocenters. The van der Waals surface area contributed by atoms with Gasteiger partial charge in [0.25, 0.3) is 21.7 Å². The number of methoxy groups -OCH3 is 2. The average molecular weight is 465 g/mol. The summed E-state index contributed by atoms with van der Waals surface area (Å²) >= 11 is 0. The van der Waals surface area contributed by atoms with E-state index < -0.39 is 51.6 Å². The van der Waals surface area contributed by atoms with Crippen molar-refractivity contribution >= 4 is 21.7 Å². The van der Waals surface area contributed by atoms with Gasteiger partial charge in [-0.05, 0) is 12.1 Å². The zero-order valence-electron chi connectivity index (χ0n) is 16.0. The lowest BCUT2D eigenvalue weighted by Crippen LogP contribution is -2.21. The van der Waals surface area contributed by atoms with Crippen LogP contribution in [0, 0.1) is 0 Å². The summed E-state index contributed by atoms with van der Waals surface area (Å²) in [5.74, 6) is -1.27. The summed E-state index contributed by atoms with van der Waals surface area (Å²) in [6.45, 7) is -1.68. The van der Waals surface area contributed by atoms with Crippen molar-refractivity contribution in [1.82, 2.24) is 19.6 Å². The minimum atomic E-state index is -5.04. The lowest BCUT2D eigenvalue weighted by atomic mass is 10.2. The van der Waals surface area contributed by atoms with Gasteiger partial charge in [0.15, 0.2) is 0 Å². The van der Waals surface area contributed by atoms with Gasteiger partial charge in [0, 0.05) is 0 Å². The standard InChI is InChI=1S/C16H15F4N5O5S/c1-28-11-8-12(29-2)25-15(21-11)22-14(23-25)24-31(26,27)13-9(16(18,19)20)4-3-5-10(13)30-7-6-17/h3-5,8H,6-7H2,1-2H3,(H,23,24). The Hall–Kier alpha value is -3.36. The van der Waals surface area contributed by atoms with Crippen LogP contribution in [0.1, 0.15) is 5.56 Å². The van der Waals surface area contributed by atoms with E-state index in [0.717, 1.165) is 16.6 Å². The van der Waals surface area contributed by atoms with Crippen LogP contribution in [0.2, 0.25) is 0 Å². The maximum Gasteiger partial charge on any atom is 0.417 e. The fraction of sp³-hybridized carbons (Fsp3) is 0.312. The third-order valence-corrected chi connectivity index (χ3v) is 5.20. The highest BCUT2D eigenvalue weighted by Gasteiger charge is 2.40. The molecule has 0 bridgehead atoms. The van der Waals surface area contributed by atoms with Gasteiger partial charge in [0.05, 0.1) is 25.8 Å². The number of aromatic nitrogens is 4. The molecule has 1 N–H and O–H groups in total. The number of sulfonamides is 1. The Morgan fingerprint density at radius 2 is 1.90 bits per heavy atom. The highest BCUT2D eigenvalue weighted by atomic mass is 32.2. The highest BCUT2D eigenvalue weighted by molar-refractivity contribution is 7.92. The Balaban J connectivity index is 2.10. The van der Waals surface area contributed by atoms with E-state index in [9.17, 15) is 26.0 Å². The molecule has 0 saturated heterocycles. The summed E-state index contributed by atoms with van der Waals surface area (Å²) in [5, 5.41) is 3.84. The highest BCUT2D eigenvalue weighted by Crippen LogP contribution is 2.39. The summed E-state index contributed by atoms with van der Waals surface area (Å²) in [6, 6.07) is 3.82. The van der Waals surface area contributed by atoms with E-state index in [1.54, 1.807) is 0 Å². The first-order valence-corrected chi connectivity index (χ1v) is 9.86. The molecule has 3 aromatic rings. The molecule has 0 saturated carbocycles. The van der Waals surface area contributed by atoms with Crippen LogP contribution in [0.5, 0.6) is 17.5 Å². The smallest absolute Gasteiger partial charge is 0.417 e. The monoisotopic (exact) mass is 465 g/mol. The Labute approximate surface area is 172 Å². The molecule has 0 atom stereocenters. The van der Waals surface area contributed by atoms with Crippen molar-refractivity contribution < 1.29 is 40.2 Å². The molecule has 0 spiro atoms. The van der Waals surface area contributed by atoms with Crippen molar-refractivity contribution in [1.29, 1.82) is 0 Å². The number of nitrogens with zero attached hydrogens (tertiary/aromatic N) is 4. The normalized spacial score (nSPS) is 12.1. The number of anilines is 1. The van der Waals surface area contributed by atoms with Gasteiger partial charge in [-0.3, -0.25) is 0 Å². The molecule has 0 radical (unpaired) electrons. The lowest BCUT2D eigenvalue weighted by molar-refractivity contribution is -0.140. The van der Waals surface area contributed by atoms with E-state index in [-0.39, 0.29) is 17.5 Å². The number of ether oxygens (including phenoxy) is 3. The first kappa shape index (κ1) is 22.3. The number of benzene rings is 1. The molecule has 10 nitrogen and oxygen atoms in total. The second kappa shape index (κ2) is 8.41. The number of halogens is 4. The zero-order chi connectivity index (χ0) is 22.8. The Bertz CT molecular complexity index is 1200. The summed E-state index contributed by atoms with van der Waals surface area (Å²) in [7, 11) is -2.30. The summed E-state index contributed by atoms with van der Waals surface area (Å²) in [5.41, 5.74) is -1.50. The van der Waals surface area contributed by atoms with Gasteiger partial charge in [0.1, 0.15) is 23.9 Å². The maximum absolute atomic E-state index is 13.5. The van der Waals surface area contributed by atoms with Crippen LogP contribution in [-0.2, 0) is 16.2 Å². The van der Waals surface area contributed by atoms with Crippen molar-refractivity contribution in [2.45, 2.75) is 11.1 Å². The van der Waals surface area contributed by atoms with E-state index in [4.69, 9.17) is 14.2 Å². The van der Waals surface area contributed by atoms with E-state index in [0.29, 0.717) is 6.07 Å². The molecule has 0 aliphatic heterocycles. The summed E-state index contributed by atoms with van der Waals surface area (Å²) < 4.78 is 96.4. The molecule has 168 valence electrons. The van der Waals surface area contributed by atoms with Crippen LogP contribution >= 0.6 is 0 Å².